The Labute approximate surface area is 177 Å². The van der Waals surface area contributed by atoms with Crippen molar-refractivity contribution in [2.45, 2.75) is 25.9 Å². The molecule has 1 fully saturated rings. The van der Waals surface area contributed by atoms with E-state index >= 15 is 0 Å². The van der Waals surface area contributed by atoms with Gasteiger partial charge in [0, 0.05) is 11.1 Å². The Morgan fingerprint density at radius 3 is 2.47 bits per heavy atom. The van der Waals surface area contributed by atoms with Crippen LogP contribution in [-0.2, 0) is 6.67 Å². The summed E-state index contributed by atoms with van der Waals surface area (Å²) in [4.78, 5) is 2.24. The molecule has 0 unspecified atom stereocenters. The van der Waals surface area contributed by atoms with Crippen molar-refractivity contribution in [3.8, 4) is 5.88 Å². The number of fused-ring (bicyclic) bond motifs is 1. The van der Waals surface area contributed by atoms with Crippen LogP contribution < -0.4 is 5.32 Å². The first-order valence-corrected chi connectivity index (χ1v) is 10.1. The summed E-state index contributed by atoms with van der Waals surface area (Å²) in [6.45, 7) is 2.38. The molecule has 0 saturated carbocycles. The van der Waals surface area contributed by atoms with Crippen LogP contribution in [0.1, 0.15) is 19.3 Å². The van der Waals surface area contributed by atoms with Crippen LogP contribution in [-0.4, -0.2) is 32.8 Å². The van der Waals surface area contributed by atoms with Crippen LogP contribution in [0.15, 0.2) is 52.7 Å². The maximum atomic E-state index is 13.9. The van der Waals surface area contributed by atoms with Crippen LogP contribution in [0.5, 0.6) is 5.88 Å². The number of likely N-dealkylation sites (tertiary alicyclic amines) is 1. The van der Waals surface area contributed by atoms with Gasteiger partial charge in [0.05, 0.1) is 12.2 Å². The number of aromatic hydroxyl groups is 1. The van der Waals surface area contributed by atoms with E-state index in [9.17, 15) is 13.9 Å². The van der Waals surface area contributed by atoms with E-state index in [1.807, 2.05) is 0 Å². The molecule has 0 amide bonds. The number of nitrogens with zero attached hydrogens (tertiary/aromatic N) is 4. The first kappa shape index (κ1) is 20.4. The van der Waals surface area contributed by atoms with Crippen molar-refractivity contribution in [1.82, 2.24) is 9.47 Å². The maximum absolute atomic E-state index is 13.9. The van der Waals surface area contributed by atoms with Crippen molar-refractivity contribution in [2.75, 3.05) is 18.4 Å². The molecule has 6 nitrogen and oxygen atoms in total. The summed E-state index contributed by atoms with van der Waals surface area (Å²) in [5.41, 5.74) is 1.39. The fraction of sp³-hybridized carbons (Fsp3) is 0.286. The summed E-state index contributed by atoms with van der Waals surface area (Å²) in [6, 6.07) is 9.95. The molecule has 1 aromatic heterocycles. The zero-order valence-electron chi connectivity index (χ0n) is 16.2. The van der Waals surface area contributed by atoms with Gasteiger partial charge in [-0.1, -0.05) is 6.42 Å². The van der Waals surface area contributed by atoms with E-state index < -0.39 is 5.82 Å². The third-order valence-corrected chi connectivity index (χ3v) is 5.28. The number of aromatic nitrogens is 1. The monoisotopic (exact) mass is 429 g/mol. The summed E-state index contributed by atoms with van der Waals surface area (Å²) in [6.07, 6.45) is 3.44. The lowest BCUT2D eigenvalue weighted by atomic mass is 10.1. The molecular formula is C21H21F2N5OS. The molecule has 0 atom stereocenters. The van der Waals surface area contributed by atoms with Gasteiger partial charge in [0.25, 0.3) is 0 Å². The second-order valence-corrected chi connectivity index (χ2v) is 7.61. The van der Waals surface area contributed by atoms with Crippen molar-refractivity contribution in [2.24, 2.45) is 10.2 Å². The fourth-order valence-electron chi connectivity index (χ4n) is 3.62. The Bertz CT molecular complexity index is 1090. The van der Waals surface area contributed by atoms with E-state index in [1.165, 1.54) is 42.8 Å². The Balaban J connectivity index is 1.61. The highest BCUT2D eigenvalue weighted by atomic mass is 32.1. The van der Waals surface area contributed by atoms with Crippen molar-refractivity contribution in [3.63, 3.8) is 0 Å². The molecule has 1 aliphatic heterocycles. The van der Waals surface area contributed by atoms with E-state index in [-0.39, 0.29) is 22.5 Å². The van der Waals surface area contributed by atoms with Gasteiger partial charge in [-0.15, -0.1) is 10.2 Å². The van der Waals surface area contributed by atoms with Crippen molar-refractivity contribution in [3.05, 3.63) is 54.1 Å². The molecule has 0 spiro atoms. The highest BCUT2D eigenvalue weighted by Crippen LogP contribution is 2.39. The third kappa shape index (κ3) is 4.47. The molecule has 156 valence electrons. The van der Waals surface area contributed by atoms with Gasteiger partial charge < -0.3 is 10.4 Å². The molecule has 1 saturated heterocycles. The Hall–Kier alpha value is -2.91. The number of nitrogens with one attached hydrogen (secondary N) is 1. The summed E-state index contributed by atoms with van der Waals surface area (Å²) >= 11 is 5.16. The molecule has 4 rings (SSSR count). The Morgan fingerprint density at radius 1 is 1.03 bits per heavy atom. The zero-order valence-corrected chi connectivity index (χ0v) is 17.0. The zero-order chi connectivity index (χ0) is 21.1. The van der Waals surface area contributed by atoms with Crippen LogP contribution in [0, 0.1) is 11.6 Å². The lowest BCUT2D eigenvalue weighted by Gasteiger charge is -2.27. The number of halogens is 2. The molecule has 3 aromatic rings. The molecule has 30 heavy (non-hydrogen) atoms. The standard InChI is InChI=1S/C21H21F2N5OS/c22-14-4-7-16(8-5-14)24-21(30)26-25-19-17-12-15(23)6-9-18(17)28(20(19)29)13-27-10-2-1-3-11-27/h4-9,12,29H,1-3,10-11,13H2,(H,24,30). The lowest BCUT2D eigenvalue weighted by Crippen LogP contribution is -2.31. The fourth-order valence-corrected chi connectivity index (χ4v) is 3.77. The molecule has 2 aromatic carbocycles. The van der Waals surface area contributed by atoms with Gasteiger partial charge in [-0.25, -0.2) is 8.78 Å². The largest absolute Gasteiger partial charge is 0.493 e. The van der Waals surface area contributed by atoms with Crippen molar-refractivity contribution in [1.29, 1.82) is 0 Å². The Kier molecular flexibility index (Phi) is 6.01. The number of hydrogen-bond acceptors (Lipinski definition) is 4. The van der Waals surface area contributed by atoms with E-state index in [0.717, 1.165) is 25.9 Å². The number of benzene rings is 2. The molecule has 2 heterocycles. The average Bonchev–Trinajstić information content (AvgIpc) is 2.99. The number of azo groups is 1. The van der Waals surface area contributed by atoms with Gasteiger partial charge in [-0.2, -0.15) is 0 Å². The van der Waals surface area contributed by atoms with Gasteiger partial charge in [0.15, 0.2) is 5.69 Å². The smallest absolute Gasteiger partial charge is 0.221 e. The predicted molar refractivity (Wildman–Crippen MR) is 116 cm³/mol. The number of anilines is 1. The first-order valence-electron chi connectivity index (χ1n) is 9.72. The second kappa shape index (κ2) is 8.85. The number of piperidine rings is 1. The van der Waals surface area contributed by atoms with Crippen LogP contribution >= 0.6 is 12.2 Å². The summed E-state index contributed by atoms with van der Waals surface area (Å²) in [5, 5.41) is 22.2. The molecule has 1 aliphatic rings. The molecule has 2 N–H and O–H groups in total. The van der Waals surface area contributed by atoms with E-state index in [4.69, 9.17) is 12.2 Å². The minimum absolute atomic E-state index is 0.0364. The Morgan fingerprint density at radius 2 is 1.73 bits per heavy atom. The van der Waals surface area contributed by atoms with Gasteiger partial charge >= 0.3 is 0 Å². The van der Waals surface area contributed by atoms with Gasteiger partial charge in [0.2, 0.25) is 11.0 Å². The maximum Gasteiger partial charge on any atom is 0.221 e. The number of rotatable bonds is 4. The normalized spacial score (nSPS) is 15.1. The lowest BCUT2D eigenvalue weighted by molar-refractivity contribution is 0.178. The topological polar surface area (TPSA) is 65.2 Å². The van der Waals surface area contributed by atoms with Gasteiger partial charge in [0.1, 0.15) is 11.6 Å². The van der Waals surface area contributed by atoms with Crippen LogP contribution in [0.3, 0.4) is 0 Å². The number of hydrogen-bond donors (Lipinski definition) is 2. The average molecular weight is 429 g/mol. The molecule has 0 aliphatic carbocycles. The first-order chi connectivity index (χ1) is 14.5. The highest BCUT2D eigenvalue weighted by molar-refractivity contribution is 7.80. The van der Waals surface area contributed by atoms with Crippen LogP contribution in [0.25, 0.3) is 10.9 Å². The SMILES string of the molecule is Oc1c(N=NC(=S)Nc2ccc(F)cc2)c2cc(F)ccc2n1CN1CCCCC1. The molecule has 9 heteroatoms. The van der Waals surface area contributed by atoms with Crippen molar-refractivity contribution < 1.29 is 13.9 Å². The molecular weight excluding hydrogens is 408 g/mol. The van der Waals surface area contributed by atoms with Gasteiger partial charge in [-0.05, 0) is 80.6 Å². The van der Waals surface area contributed by atoms with Crippen LogP contribution in [0.4, 0.5) is 20.2 Å². The molecule has 0 bridgehead atoms. The van der Waals surface area contributed by atoms with E-state index in [2.05, 4.69) is 20.4 Å². The third-order valence-electron chi connectivity index (χ3n) is 5.10. The minimum Gasteiger partial charge on any atom is -0.493 e. The highest BCUT2D eigenvalue weighted by Gasteiger charge is 2.20. The van der Waals surface area contributed by atoms with E-state index in [0.29, 0.717) is 23.3 Å². The summed E-state index contributed by atoms with van der Waals surface area (Å²) in [5.74, 6) is -0.878. The summed E-state index contributed by atoms with van der Waals surface area (Å²) in [7, 11) is 0. The van der Waals surface area contributed by atoms with Crippen molar-refractivity contribution >= 4 is 39.6 Å². The predicted octanol–water partition coefficient (Wildman–Crippen LogP) is 5.55. The minimum atomic E-state index is -0.430. The van der Waals surface area contributed by atoms with Crippen LogP contribution in [0.2, 0.25) is 0 Å². The number of thiocarbonyl (C=S) groups is 1. The van der Waals surface area contributed by atoms with Gasteiger partial charge in [-0.3, -0.25) is 9.47 Å². The summed E-state index contributed by atoms with van der Waals surface area (Å²) < 4.78 is 28.6. The second-order valence-electron chi connectivity index (χ2n) is 7.22. The quantitative estimate of drug-likeness (QED) is 0.422. The molecule has 0 radical (unpaired) electrons. The van der Waals surface area contributed by atoms with E-state index in [1.54, 1.807) is 10.6 Å².